The summed E-state index contributed by atoms with van der Waals surface area (Å²) in [6, 6.07) is 4.57. The number of aromatic nitrogens is 2. The van der Waals surface area contributed by atoms with E-state index in [1.54, 1.807) is 6.07 Å². The van der Waals surface area contributed by atoms with Crippen LogP contribution in [-0.4, -0.2) is 36.3 Å². The predicted molar refractivity (Wildman–Crippen MR) is 110 cm³/mol. The highest BCUT2D eigenvalue weighted by atomic mass is 35.5. The summed E-state index contributed by atoms with van der Waals surface area (Å²) in [7, 11) is -3.46. The number of Topliss-reactive ketones (excluding diaryl/α,β-unsaturated/α-hetero) is 1. The van der Waals surface area contributed by atoms with Crippen molar-refractivity contribution in [3.63, 3.8) is 0 Å². The molecule has 1 aromatic heterocycles. The van der Waals surface area contributed by atoms with Gasteiger partial charge in [0.1, 0.15) is 5.78 Å². The molecular formula is C20H22ClN3O4S. The van der Waals surface area contributed by atoms with E-state index in [-0.39, 0.29) is 27.5 Å². The number of halogens is 1. The molecule has 1 fully saturated rings. The maximum atomic E-state index is 13.0. The van der Waals surface area contributed by atoms with Crippen LogP contribution in [0, 0.1) is 5.92 Å². The van der Waals surface area contributed by atoms with Gasteiger partial charge >= 0.3 is 0 Å². The van der Waals surface area contributed by atoms with Crippen LogP contribution in [0.4, 0.5) is 5.82 Å². The SMILES string of the molecule is CS(=O)(=O)c1ccc([C@@H](CC[C@H]2CCC(=O)C2)C(=O)Nc2cnccn2)cc1Cl. The van der Waals surface area contributed by atoms with E-state index >= 15 is 0 Å². The number of sulfone groups is 1. The number of amides is 1. The number of carbonyl (C=O) groups is 2. The molecule has 1 aromatic carbocycles. The molecule has 0 unspecified atom stereocenters. The van der Waals surface area contributed by atoms with Crippen molar-refractivity contribution in [3.05, 3.63) is 47.4 Å². The molecule has 0 radical (unpaired) electrons. The highest BCUT2D eigenvalue weighted by Crippen LogP contribution is 2.33. The first-order valence-corrected chi connectivity index (χ1v) is 11.6. The molecule has 1 aliphatic carbocycles. The zero-order valence-electron chi connectivity index (χ0n) is 16.0. The topological polar surface area (TPSA) is 106 Å². The average molecular weight is 436 g/mol. The largest absolute Gasteiger partial charge is 0.309 e. The molecule has 1 N–H and O–H groups in total. The Kier molecular flexibility index (Phi) is 6.64. The van der Waals surface area contributed by atoms with Crippen LogP contribution in [0.25, 0.3) is 0 Å². The molecule has 2 atom stereocenters. The van der Waals surface area contributed by atoms with Gasteiger partial charge in [-0.05, 0) is 42.9 Å². The van der Waals surface area contributed by atoms with E-state index in [2.05, 4.69) is 15.3 Å². The van der Waals surface area contributed by atoms with Crippen LogP contribution < -0.4 is 5.32 Å². The Hall–Kier alpha value is -2.32. The van der Waals surface area contributed by atoms with Crippen LogP contribution in [0.5, 0.6) is 0 Å². The Balaban J connectivity index is 1.84. The van der Waals surface area contributed by atoms with Gasteiger partial charge in [0.15, 0.2) is 15.7 Å². The first kappa shape index (κ1) is 21.4. The second-order valence-corrected chi connectivity index (χ2v) is 9.71. The van der Waals surface area contributed by atoms with Crippen molar-refractivity contribution in [1.82, 2.24) is 9.97 Å². The molecule has 3 rings (SSSR count). The van der Waals surface area contributed by atoms with E-state index in [1.165, 1.54) is 30.7 Å². The minimum Gasteiger partial charge on any atom is -0.309 e. The molecule has 1 heterocycles. The van der Waals surface area contributed by atoms with Gasteiger partial charge in [0, 0.05) is 31.5 Å². The van der Waals surface area contributed by atoms with E-state index < -0.39 is 15.8 Å². The third kappa shape index (κ3) is 5.61. The summed E-state index contributed by atoms with van der Waals surface area (Å²) < 4.78 is 23.7. The van der Waals surface area contributed by atoms with Crippen LogP contribution in [-0.2, 0) is 19.4 Å². The van der Waals surface area contributed by atoms with Crippen LogP contribution in [0.3, 0.4) is 0 Å². The Morgan fingerprint density at radius 3 is 2.72 bits per heavy atom. The number of nitrogens with zero attached hydrogens (tertiary/aromatic N) is 2. The van der Waals surface area contributed by atoms with Gasteiger partial charge in [-0.3, -0.25) is 14.6 Å². The van der Waals surface area contributed by atoms with Gasteiger partial charge in [-0.15, -0.1) is 0 Å². The fourth-order valence-electron chi connectivity index (χ4n) is 3.60. The highest BCUT2D eigenvalue weighted by Gasteiger charge is 2.27. The van der Waals surface area contributed by atoms with Gasteiger partial charge in [-0.1, -0.05) is 17.7 Å². The smallest absolute Gasteiger partial charge is 0.233 e. The summed E-state index contributed by atoms with van der Waals surface area (Å²) in [6.45, 7) is 0. The Bertz CT molecular complexity index is 1010. The third-order valence-electron chi connectivity index (χ3n) is 5.10. The number of ketones is 1. The molecule has 29 heavy (non-hydrogen) atoms. The fourth-order valence-corrected chi connectivity index (χ4v) is 4.94. The highest BCUT2D eigenvalue weighted by molar-refractivity contribution is 7.90. The van der Waals surface area contributed by atoms with Gasteiger partial charge < -0.3 is 5.32 Å². The number of rotatable bonds is 7. The summed E-state index contributed by atoms with van der Waals surface area (Å²) in [5.41, 5.74) is 0.619. The van der Waals surface area contributed by atoms with Crippen LogP contribution in [0.1, 0.15) is 43.6 Å². The minimum atomic E-state index is -3.46. The van der Waals surface area contributed by atoms with Crippen molar-refractivity contribution in [2.75, 3.05) is 11.6 Å². The third-order valence-corrected chi connectivity index (χ3v) is 6.68. The standard InChI is InChI=1S/C20H22ClN3O4S/c1-29(27,28)18-7-4-14(11-17(18)21)16(6-3-13-2-5-15(25)10-13)20(26)24-19-12-22-8-9-23-19/h4,7-9,11-13,16H,2-3,5-6,10H2,1H3,(H,23,24,26)/t13-,16-/m1/s1. The summed E-state index contributed by atoms with van der Waals surface area (Å²) >= 11 is 6.19. The fraction of sp³-hybridized carbons (Fsp3) is 0.400. The molecule has 1 aliphatic rings. The summed E-state index contributed by atoms with van der Waals surface area (Å²) in [6.07, 6.45) is 8.73. The van der Waals surface area contributed by atoms with Crippen molar-refractivity contribution in [3.8, 4) is 0 Å². The number of hydrogen-bond acceptors (Lipinski definition) is 6. The number of benzene rings is 1. The van der Waals surface area contributed by atoms with Gasteiger partial charge in [0.2, 0.25) is 5.91 Å². The summed E-state index contributed by atoms with van der Waals surface area (Å²) in [5.74, 6) is 0.0189. The Labute approximate surface area is 174 Å². The van der Waals surface area contributed by atoms with Gasteiger partial charge in [-0.2, -0.15) is 0 Å². The van der Waals surface area contributed by atoms with Gasteiger partial charge in [0.25, 0.3) is 0 Å². The number of hydrogen-bond donors (Lipinski definition) is 1. The second-order valence-electron chi connectivity index (χ2n) is 7.32. The molecule has 0 spiro atoms. The molecule has 154 valence electrons. The lowest BCUT2D eigenvalue weighted by atomic mass is 9.89. The second kappa shape index (κ2) is 9.00. The Morgan fingerprint density at radius 1 is 1.34 bits per heavy atom. The number of anilines is 1. The summed E-state index contributed by atoms with van der Waals surface area (Å²) in [5, 5.41) is 2.83. The van der Waals surface area contributed by atoms with Crippen LogP contribution in [0.2, 0.25) is 5.02 Å². The monoisotopic (exact) mass is 435 g/mol. The number of nitrogens with one attached hydrogen (secondary N) is 1. The van der Waals surface area contributed by atoms with E-state index in [4.69, 9.17) is 11.6 Å². The molecular weight excluding hydrogens is 414 g/mol. The van der Waals surface area contributed by atoms with Crippen molar-refractivity contribution in [2.45, 2.75) is 42.9 Å². The maximum absolute atomic E-state index is 13.0. The Morgan fingerprint density at radius 2 is 2.14 bits per heavy atom. The number of carbonyl (C=O) groups excluding carboxylic acids is 2. The lowest BCUT2D eigenvalue weighted by Crippen LogP contribution is -2.22. The quantitative estimate of drug-likeness (QED) is 0.714. The molecule has 0 saturated heterocycles. The van der Waals surface area contributed by atoms with Crippen molar-refractivity contribution >= 4 is 38.9 Å². The summed E-state index contributed by atoms with van der Waals surface area (Å²) in [4.78, 5) is 32.5. The van der Waals surface area contributed by atoms with E-state index in [0.29, 0.717) is 30.6 Å². The molecule has 2 aromatic rings. The first-order chi connectivity index (χ1) is 13.7. The lowest BCUT2D eigenvalue weighted by Gasteiger charge is -2.19. The molecule has 9 heteroatoms. The van der Waals surface area contributed by atoms with Crippen molar-refractivity contribution in [1.29, 1.82) is 0 Å². The first-order valence-electron chi connectivity index (χ1n) is 9.32. The van der Waals surface area contributed by atoms with Crippen LogP contribution >= 0.6 is 11.6 Å². The van der Waals surface area contributed by atoms with E-state index in [9.17, 15) is 18.0 Å². The van der Waals surface area contributed by atoms with Gasteiger partial charge in [0.05, 0.1) is 22.0 Å². The van der Waals surface area contributed by atoms with E-state index in [1.807, 2.05) is 0 Å². The molecule has 0 bridgehead atoms. The normalized spacial score (nSPS) is 17.9. The molecule has 0 aliphatic heterocycles. The van der Waals surface area contributed by atoms with Crippen molar-refractivity contribution < 1.29 is 18.0 Å². The van der Waals surface area contributed by atoms with Gasteiger partial charge in [-0.25, -0.2) is 13.4 Å². The predicted octanol–water partition coefficient (Wildman–Crippen LogP) is 3.41. The molecule has 1 saturated carbocycles. The van der Waals surface area contributed by atoms with Crippen LogP contribution in [0.15, 0.2) is 41.7 Å². The zero-order chi connectivity index (χ0) is 21.0. The molecule has 7 nitrogen and oxygen atoms in total. The zero-order valence-corrected chi connectivity index (χ0v) is 17.5. The minimum absolute atomic E-state index is 0.0254. The lowest BCUT2D eigenvalue weighted by molar-refractivity contribution is -0.118. The average Bonchev–Trinajstić information content (AvgIpc) is 3.07. The maximum Gasteiger partial charge on any atom is 0.233 e. The molecule has 1 amide bonds. The van der Waals surface area contributed by atoms with E-state index in [0.717, 1.165) is 19.1 Å². The van der Waals surface area contributed by atoms with Crippen molar-refractivity contribution in [2.24, 2.45) is 5.92 Å².